The van der Waals surface area contributed by atoms with E-state index in [2.05, 4.69) is 50.1 Å². The molecule has 7 heteroatoms. The van der Waals surface area contributed by atoms with Gasteiger partial charge < -0.3 is 4.90 Å². The Bertz CT molecular complexity index is 1360. The first kappa shape index (κ1) is 28.8. The Balaban J connectivity index is 1.28. The molecule has 6 rings (SSSR count). The van der Waals surface area contributed by atoms with Gasteiger partial charge in [0.15, 0.2) is 0 Å². The summed E-state index contributed by atoms with van der Waals surface area (Å²) in [4.78, 5) is 8.07. The van der Waals surface area contributed by atoms with Gasteiger partial charge in [0.25, 0.3) is 0 Å². The number of nitrogens with zero attached hydrogens (tertiary/aromatic N) is 3. The van der Waals surface area contributed by atoms with E-state index in [1.54, 1.807) is 0 Å². The summed E-state index contributed by atoms with van der Waals surface area (Å²) in [6.45, 7) is 10.7. The maximum absolute atomic E-state index is 13.5. The molecule has 0 amide bonds. The minimum absolute atomic E-state index is 0.0182. The average molecular weight is 578 g/mol. The molecule has 2 atom stereocenters. The van der Waals surface area contributed by atoms with Crippen molar-refractivity contribution >= 4 is 17.0 Å². The summed E-state index contributed by atoms with van der Waals surface area (Å²) in [5.41, 5.74) is 6.42. The van der Waals surface area contributed by atoms with Gasteiger partial charge in [-0.3, -0.25) is 14.1 Å². The molecule has 2 fully saturated rings. The van der Waals surface area contributed by atoms with Crippen LogP contribution in [0.25, 0.3) is 0 Å². The van der Waals surface area contributed by atoms with E-state index in [1.807, 2.05) is 28.6 Å². The summed E-state index contributed by atoms with van der Waals surface area (Å²) in [6, 6.07) is 14.8. The van der Waals surface area contributed by atoms with E-state index in [0.717, 1.165) is 50.9 Å². The minimum atomic E-state index is -3.12. The van der Waals surface area contributed by atoms with E-state index in [0.29, 0.717) is 18.0 Å². The zero-order chi connectivity index (χ0) is 28.8. The second-order valence-electron chi connectivity index (χ2n) is 12.7. The van der Waals surface area contributed by atoms with Crippen LogP contribution in [-0.2, 0) is 5.41 Å². The Labute approximate surface area is 246 Å². The maximum Gasteiger partial charge on any atom is 0.123 e. The summed E-state index contributed by atoms with van der Waals surface area (Å²) < 4.78 is 38.9. The molecule has 2 heterocycles. The highest BCUT2D eigenvalue weighted by atomic mass is 32.3. The third kappa shape index (κ3) is 5.59. The van der Waals surface area contributed by atoms with E-state index < -0.39 is 10.8 Å². The van der Waals surface area contributed by atoms with Crippen LogP contribution in [0.4, 0.5) is 4.39 Å². The molecule has 0 aromatic heterocycles. The van der Waals surface area contributed by atoms with Crippen molar-refractivity contribution in [2.75, 3.05) is 32.7 Å². The Kier molecular flexibility index (Phi) is 7.79. The van der Waals surface area contributed by atoms with Gasteiger partial charge in [-0.1, -0.05) is 56.7 Å². The van der Waals surface area contributed by atoms with Crippen molar-refractivity contribution in [3.05, 3.63) is 88.3 Å². The lowest BCUT2D eigenvalue weighted by Crippen LogP contribution is -2.52. The van der Waals surface area contributed by atoms with Crippen LogP contribution in [0, 0.1) is 11.2 Å². The number of benzene rings is 2. The molecule has 1 unspecified atom stereocenters. The number of hydrogen-bond acceptors (Lipinski definition) is 5. The van der Waals surface area contributed by atoms with Crippen molar-refractivity contribution in [3.8, 4) is 0 Å². The van der Waals surface area contributed by atoms with Gasteiger partial charge in [-0.05, 0) is 104 Å². The van der Waals surface area contributed by atoms with Crippen LogP contribution in [0.5, 0.6) is 0 Å². The van der Waals surface area contributed by atoms with E-state index in [4.69, 9.17) is 4.99 Å². The molecule has 4 aliphatic rings. The Morgan fingerprint density at radius 1 is 1.00 bits per heavy atom. The summed E-state index contributed by atoms with van der Waals surface area (Å²) in [5, 5.41) is 0. The van der Waals surface area contributed by atoms with Crippen molar-refractivity contribution < 1.29 is 13.5 Å². The van der Waals surface area contributed by atoms with Crippen molar-refractivity contribution in [3.63, 3.8) is 0 Å². The number of allylic oxidation sites excluding steroid dienone is 3. The zero-order valence-corrected chi connectivity index (χ0v) is 25.5. The topological polar surface area (TPSA) is 59.3 Å². The van der Waals surface area contributed by atoms with Gasteiger partial charge in [0, 0.05) is 31.3 Å². The maximum atomic E-state index is 13.5. The van der Waals surface area contributed by atoms with Crippen LogP contribution in [0.3, 0.4) is 0 Å². The minimum Gasteiger partial charge on any atom is -0.303 e. The second kappa shape index (κ2) is 11.1. The van der Waals surface area contributed by atoms with Gasteiger partial charge in [-0.15, -0.1) is 10.8 Å². The first-order valence-corrected chi connectivity index (χ1v) is 16.7. The van der Waals surface area contributed by atoms with E-state index in [-0.39, 0.29) is 22.7 Å². The molecule has 2 aliphatic carbocycles. The lowest BCUT2D eigenvalue weighted by atomic mass is 9.67. The van der Waals surface area contributed by atoms with Gasteiger partial charge in [-0.2, -0.15) is 0 Å². The van der Waals surface area contributed by atoms with Gasteiger partial charge in [0.2, 0.25) is 0 Å². The van der Waals surface area contributed by atoms with Crippen LogP contribution in [0.2, 0.25) is 0 Å². The molecule has 0 radical (unpaired) electrons. The molecular weight excluding hydrogens is 533 g/mol. The average Bonchev–Trinajstić information content (AvgIpc) is 3.77. The van der Waals surface area contributed by atoms with Gasteiger partial charge >= 0.3 is 0 Å². The number of aliphatic imine (C=N–C) groups is 1. The first-order chi connectivity index (χ1) is 19.7. The quantitative estimate of drug-likeness (QED) is 0.332. The molecule has 2 aliphatic heterocycles. The zero-order valence-electron chi connectivity index (χ0n) is 24.7. The predicted molar refractivity (Wildman–Crippen MR) is 167 cm³/mol. The fourth-order valence-corrected chi connectivity index (χ4v) is 8.59. The van der Waals surface area contributed by atoms with Gasteiger partial charge in [-0.25, -0.2) is 8.70 Å². The fourth-order valence-electron chi connectivity index (χ4n) is 7.02. The van der Waals surface area contributed by atoms with Crippen molar-refractivity contribution in [1.29, 1.82) is 0 Å². The molecule has 5 nitrogen and oxygen atoms in total. The highest BCUT2D eigenvalue weighted by Gasteiger charge is 2.46. The molecule has 1 saturated carbocycles. The number of halogens is 1. The molecule has 1 saturated heterocycles. The number of rotatable bonds is 8. The molecule has 2 aromatic rings. The summed E-state index contributed by atoms with van der Waals surface area (Å²) in [7, 11) is -3.12. The summed E-state index contributed by atoms with van der Waals surface area (Å²) in [6.07, 6.45) is 10.4. The Hall–Kier alpha value is -2.29. The summed E-state index contributed by atoms with van der Waals surface area (Å²) >= 11 is 0. The van der Waals surface area contributed by atoms with Gasteiger partial charge in [0.05, 0.1) is 10.9 Å². The first-order valence-electron chi connectivity index (χ1n) is 15.2. The van der Waals surface area contributed by atoms with Crippen molar-refractivity contribution in [2.24, 2.45) is 10.4 Å². The highest BCUT2D eigenvalue weighted by molar-refractivity contribution is 8.22. The fraction of sp³-hybridized carbons (Fsp3) is 0.500. The smallest absolute Gasteiger partial charge is 0.123 e. The van der Waals surface area contributed by atoms with Crippen LogP contribution >= 0.6 is 10.8 Å². The molecule has 0 spiro atoms. The molecule has 0 bridgehead atoms. The molecule has 2 aromatic carbocycles. The second-order valence-corrected chi connectivity index (χ2v) is 14.8. The predicted octanol–water partition coefficient (Wildman–Crippen LogP) is 8.17. The van der Waals surface area contributed by atoms with Gasteiger partial charge in [0.1, 0.15) is 5.82 Å². The summed E-state index contributed by atoms with van der Waals surface area (Å²) in [5.74, 6) is -0.223. The lowest BCUT2D eigenvalue weighted by molar-refractivity contribution is 0.130. The van der Waals surface area contributed by atoms with E-state index in [9.17, 15) is 13.5 Å². The van der Waals surface area contributed by atoms with E-state index in [1.165, 1.54) is 47.3 Å². The number of fused-ring (bicyclic) bond motifs is 1. The monoisotopic (exact) mass is 577 g/mol. The Morgan fingerprint density at radius 2 is 1.71 bits per heavy atom. The van der Waals surface area contributed by atoms with Crippen LogP contribution in [0.15, 0.2) is 81.2 Å². The number of hydrogen-bond donors (Lipinski definition) is 2. The largest absolute Gasteiger partial charge is 0.303 e. The Morgan fingerprint density at radius 3 is 2.37 bits per heavy atom. The third-order valence-electron chi connectivity index (χ3n) is 10.1. The van der Waals surface area contributed by atoms with Crippen LogP contribution in [-0.4, -0.2) is 57.2 Å². The SMILES string of the molecule is CCN(CC)C[C@]12CC3=C(C=C1CCN(S(O)(O)c1ccc(C4(C)CC4)cc1)C2)CCC(c1ccc(F)cc1)N=C3. The number of piperidine rings is 1. The van der Waals surface area contributed by atoms with Crippen LogP contribution < -0.4 is 0 Å². The van der Waals surface area contributed by atoms with E-state index >= 15 is 0 Å². The normalized spacial score (nSPS) is 26.3. The van der Waals surface area contributed by atoms with Crippen molar-refractivity contribution in [1.82, 2.24) is 9.21 Å². The highest BCUT2D eigenvalue weighted by Crippen LogP contribution is 2.58. The molecule has 41 heavy (non-hydrogen) atoms. The standard InChI is InChI=1S/C34H44FN3O2S/c1-4-37(5-2)23-34-21-27-22-36-32(25-6-11-30(35)12-7-25)15-8-26(27)20-29(34)16-19-38(24-34)41(39,40)31-13-9-28(10-14-31)33(3)17-18-33/h6-7,9-14,20,22,32,39-40H,4-5,8,15-19,21,23-24H2,1-3H3/t32?,34-/m0/s1. The molecule has 2 N–H and O–H groups in total. The lowest BCUT2D eigenvalue weighted by Gasteiger charge is -2.54. The van der Waals surface area contributed by atoms with Crippen LogP contribution in [0.1, 0.15) is 76.5 Å². The van der Waals surface area contributed by atoms with Crippen molar-refractivity contribution in [2.45, 2.75) is 75.6 Å². The molecular formula is C34H44FN3O2S. The molecule has 220 valence electrons. The third-order valence-corrected chi connectivity index (χ3v) is 12.0.